The number of nitrogens with one attached hydrogen (secondary N) is 2. The number of hydrogen-bond acceptors (Lipinski definition) is 7. The highest BCUT2D eigenvalue weighted by atomic mass is 32.2. The van der Waals surface area contributed by atoms with Crippen LogP contribution in [0.4, 0.5) is 11.4 Å². The van der Waals surface area contributed by atoms with Gasteiger partial charge < -0.3 is 14.8 Å². The van der Waals surface area contributed by atoms with Gasteiger partial charge in [0.25, 0.3) is 21.8 Å². The molecule has 4 aromatic carbocycles. The first-order valence-corrected chi connectivity index (χ1v) is 15.1. The summed E-state index contributed by atoms with van der Waals surface area (Å²) in [5.41, 5.74) is 6.73. The molecule has 0 aliphatic rings. The van der Waals surface area contributed by atoms with Crippen molar-refractivity contribution in [3.8, 4) is 11.5 Å². The molecule has 2 N–H and O–H groups in total. The number of rotatable bonds is 12. The van der Waals surface area contributed by atoms with Gasteiger partial charge in [0, 0.05) is 5.69 Å². The monoisotopic (exact) mass is 614 g/mol. The first-order chi connectivity index (χ1) is 21.0. The van der Waals surface area contributed by atoms with Crippen molar-refractivity contribution in [2.45, 2.75) is 25.7 Å². The number of hydrogen-bond donors (Lipinski definition) is 2. The zero-order chi connectivity index (χ0) is 31.7. The number of benzene rings is 4. The van der Waals surface area contributed by atoms with E-state index in [-0.39, 0.29) is 17.4 Å². The number of carbonyl (C=O) groups excluding carboxylic acids is 2. The number of amides is 2. The third-order valence-corrected chi connectivity index (χ3v) is 8.21. The highest BCUT2D eigenvalue weighted by Gasteiger charge is 2.27. The molecule has 0 unspecified atom stereocenters. The maximum Gasteiger partial charge on any atom is 0.264 e. The Morgan fingerprint density at radius 2 is 1.41 bits per heavy atom. The van der Waals surface area contributed by atoms with Gasteiger partial charge in [-0.15, -0.1) is 0 Å². The van der Waals surface area contributed by atoms with Crippen molar-refractivity contribution in [2.24, 2.45) is 5.10 Å². The van der Waals surface area contributed by atoms with Gasteiger partial charge in [0.1, 0.15) is 18.0 Å². The molecule has 11 heteroatoms. The van der Waals surface area contributed by atoms with Crippen LogP contribution < -0.4 is 24.5 Å². The number of carbonyl (C=O) groups is 2. The van der Waals surface area contributed by atoms with E-state index >= 15 is 0 Å². The van der Waals surface area contributed by atoms with Crippen molar-refractivity contribution >= 4 is 39.4 Å². The second kappa shape index (κ2) is 14.3. The molecule has 44 heavy (non-hydrogen) atoms. The Morgan fingerprint density at radius 3 is 2.02 bits per heavy atom. The van der Waals surface area contributed by atoms with E-state index in [1.54, 1.807) is 79.9 Å². The zero-order valence-electron chi connectivity index (χ0n) is 24.9. The molecule has 0 aliphatic carbocycles. The molecule has 2 amide bonds. The fraction of sp³-hybridized carbons (Fsp3) is 0.182. The standard InChI is InChI=1S/C33H34N4O6S/c1-23-5-15-31(16-6-23)44(40,41)37(28-18-24(2)17-25(3)19-28)21-32(38)36-34-20-26-7-11-30(12-8-26)43-22-33(39)35-27-9-13-29(42-4)14-10-27/h5-20H,21-22H2,1-4H3,(H,35,39)(H,36,38)/b34-20-. The average molecular weight is 615 g/mol. The molecular formula is C33H34N4O6S. The van der Waals surface area contributed by atoms with Crippen LogP contribution in [0.3, 0.4) is 0 Å². The fourth-order valence-corrected chi connectivity index (χ4v) is 5.67. The Balaban J connectivity index is 1.35. The van der Waals surface area contributed by atoms with E-state index < -0.39 is 22.5 Å². The molecule has 0 atom stereocenters. The lowest BCUT2D eigenvalue weighted by Crippen LogP contribution is -2.39. The summed E-state index contributed by atoms with van der Waals surface area (Å²) in [6.45, 7) is 4.95. The summed E-state index contributed by atoms with van der Waals surface area (Å²) in [6, 6.07) is 25.5. The number of anilines is 2. The van der Waals surface area contributed by atoms with E-state index in [2.05, 4.69) is 15.8 Å². The molecule has 0 aliphatic heterocycles. The van der Waals surface area contributed by atoms with Crippen LogP contribution in [0.5, 0.6) is 11.5 Å². The normalized spacial score (nSPS) is 11.2. The predicted molar refractivity (Wildman–Crippen MR) is 171 cm³/mol. The van der Waals surface area contributed by atoms with Gasteiger partial charge in [0.15, 0.2) is 6.61 Å². The molecule has 0 saturated carbocycles. The third-order valence-electron chi connectivity index (χ3n) is 6.42. The van der Waals surface area contributed by atoms with Crippen LogP contribution in [0, 0.1) is 20.8 Å². The molecule has 4 aromatic rings. The number of aryl methyl sites for hydroxylation is 3. The van der Waals surface area contributed by atoms with E-state index in [0.717, 1.165) is 21.0 Å². The summed E-state index contributed by atoms with van der Waals surface area (Å²) in [7, 11) is -2.47. The van der Waals surface area contributed by atoms with Crippen LogP contribution in [-0.4, -0.2) is 46.7 Å². The SMILES string of the molecule is COc1ccc(NC(=O)COc2ccc(/C=N\NC(=O)CN(c3cc(C)cc(C)c3)S(=O)(=O)c3ccc(C)cc3)cc2)cc1. The van der Waals surface area contributed by atoms with E-state index in [9.17, 15) is 18.0 Å². The Kier molecular flexibility index (Phi) is 10.4. The smallest absolute Gasteiger partial charge is 0.264 e. The van der Waals surface area contributed by atoms with Crippen LogP contribution in [0.2, 0.25) is 0 Å². The lowest BCUT2D eigenvalue weighted by Gasteiger charge is -2.24. The van der Waals surface area contributed by atoms with Gasteiger partial charge in [-0.1, -0.05) is 23.8 Å². The number of methoxy groups -OCH3 is 1. The molecular weight excluding hydrogens is 580 g/mol. The first kappa shape index (κ1) is 31.8. The van der Waals surface area contributed by atoms with Gasteiger partial charge in [-0.2, -0.15) is 5.10 Å². The summed E-state index contributed by atoms with van der Waals surface area (Å²) in [6.07, 6.45) is 1.42. The van der Waals surface area contributed by atoms with Crippen LogP contribution in [-0.2, 0) is 19.6 Å². The maximum atomic E-state index is 13.6. The number of hydrazone groups is 1. The summed E-state index contributed by atoms with van der Waals surface area (Å²) in [5.74, 6) is 0.232. The highest BCUT2D eigenvalue weighted by Crippen LogP contribution is 2.26. The molecule has 0 heterocycles. The molecule has 0 radical (unpaired) electrons. The fourth-order valence-electron chi connectivity index (χ4n) is 4.26. The number of ether oxygens (including phenoxy) is 2. The lowest BCUT2D eigenvalue weighted by molar-refractivity contribution is -0.119. The Labute approximate surface area is 257 Å². The van der Waals surface area contributed by atoms with Crippen molar-refractivity contribution in [2.75, 3.05) is 29.9 Å². The molecule has 0 spiro atoms. The summed E-state index contributed by atoms with van der Waals surface area (Å²) in [4.78, 5) is 25.2. The largest absolute Gasteiger partial charge is 0.497 e. The van der Waals surface area contributed by atoms with Crippen molar-refractivity contribution in [1.29, 1.82) is 0 Å². The van der Waals surface area contributed by atoms with E-state index in [1.165, 1.54) is 18.3 Å². The Morgan fingerprint density at radius 1 is 0.795 bits per heavy atom. The second-order valence-corrected chi connectivity index (χ2v) is 12.0. The second-order valence-electron chi connectivity index (χ2n) is 10.1. The van der Waals surface area contributed by atoms with Crippen LogP contribution in [0.1, 0.15) is 22.3 Å². The van der Waals surface area contributed by atoms with Gasteiger partial charge in [-0.05, 0) is 110 Å². The highest BCUT2D eigenvalue weighted by molar-refractivity contribution is 7.92. The minimum atomic E-state index is -4.04. The minimum Gasteiger partial charge on any atom is -0.497 e. The average Bonchev–Trinajstić information content (AvgIpc) is 2.99. The van der Waals surface area contributed by atoms with Gasteiger partial charge in [-0.3, -0.25) is 13.9 Å². The van der Waals surface area contributed by atoms with Crippen molar-refractivity contribution in [3.63, 3.8) is 0 Å². The van der Waals surface area contributed by atoms with E-state index in [1.807, 2.05) is 26.8 Å². The predicted octanol–water partition coefficient (Wildman–Crippen LogP) is 4.98. The molecule has 4 rings (SSSR count). The van der Waals surface area contributed by atoms with E-state index in [4.69, 9.17) is 9.47 Å². The number of sulfonamides is 1. The topological polar surface area (TPSA) is 126 Å². The van der Waals surface area contributed by atoms with Gasteiger partial charge >= 0.3 is 0 Å². The van der Waals surface area contributed by atoms with Crippen LogP contribution >= 0.6 is 0 Å². The lowest BCUT2D eigenvalue weighted by atomic mass is 10.1. The molecule has 0 fully saturated rings. The molecule has 0 bridgehead atoms. The molecule has 0 saturated heterocycles. The third kappa shape index (κ3) is 8.68. The molecule has 10 nitrogen and oxygen atoms in total. The molecule has 228 valence electrons. The first-order valence-electron chi connectivity index (χ1n) is 13.7. The van der Waals surface area contributed by atoms with E-state index in [0.29, 0.717) is 28.4 Å². The molecule has 0 aromatic heterocycles. The quantitative estimate of drug-likeness (QED) is 0.171. The van der Waals surface area contributed by atoms with Gasteiger partial charge in [0.2, 0.25) is 0 Å². The van der Waals surface area contributed by atoms with Crippen molar-refractivity contribution in [3.05, 3.63) is 113 Å². The summed E-state index contributed by atoms with van der Waals surface area (Å²) in [5, 5.41) is 6.73. The van der Waals surface area contributed by atoms with Gasteiger partial charge in [0.05, 0.1) is 23.9 Å². The van der Waals surface area contributed by atoms with Crippen LogP contribution in [0.25, 0.3) is 0 Å². The summed E-state index contributed by atoms with van der Waals surface area (Å²) < 4.78 is 38.9. The Hall–Kier alpha value is -5.16. The number of nitrogens with zero attached hydrogens (tertiary/aromatic N) is 2. The van der Waals surface area contributed by atoms with Crippen LogP contribution in [0.15, 0.2) is 101 Å². The summed E-state index contributed by atoms with van der Waals surface area (Å²) >= 11 is 0. The van der Waals surface area contributed by atoms with Gasteiger partial charge in [-0.25, -0.2) is 13.8 Å². The van der Waals surface area contributed by atoms with Crippen molar-refractivity contribution in [1.82, 2.24) is 5.43 Å². The Bertz CT molecular complexity index is 1720. The minimum absolute atomic E-state index is 0.0825. The van der Waals surface area contributed by atoms with Crippen molar-refractivity contribution < 1.29 is 27.5 Å². The maximum absolute atomic E-state index is 13.6. The zero-order valence-corrected chi connectivity index (χ0v) is 25.7.